The number of halogens is 2. The molecule has 0 heterocycles. The Labute approximate surface area is 120 Å². The average molecular weight is 295 g/mol. The Balaban J connectivity index is 1.91. The van der Waals surface area contributed by atoms with Crippen molar-refractivity contribution in [3.8, 4) is 0 Å². The lowest BCUT2D eigenvalue weighted by Gasteiger charge is -2.08. The highest BCUT2D eigenvalue weighted by atomic mass is 35.5. The lowest BCUT2D eigenvalue weighted by Crippen LogP contribution is -2.05. The van der Waals surface area contributed by atoms with Gasteiger partial charge in [0.15, 0.2) is 0 Å². The minimum atomic E-state index is -0.430. The highest BCUT2D eigenvalue weighted by Crippen LogP contribution is 2.22. The molecular formula is C14H12ClFN2O2. The first kappa shape index (κ1) is 14.3. The van der Waals surface area contributed by atoms with Crippen LogP contribution in [0.1, 0.15) is 5.56 Å². The Morgan fingerprint density at radius 3 is 2.50 bits per heavy atom. The number of non-ortho nitro benzene ring substituents is 1. The lowest BCUT2D eigenvalue weighted by molar-refractivity contribution is -0.384. The Kier molecular flexibility index (Phi) is 4.53. The fraction of sp³-hybridized carbons (Fsp3) is 0.143. The van der Waals surface area contributed by atoms with Crippen molar-refractivity contribution in [2.24, 2.45) is 0 Å². The molecule has 20 heavy (non-hydrogen) atoms. The molecule has 2 rings (SSSR count). The van der Waals surface area contributed by atoms with Crippen molar-refractivity contribution < 1.29 is 9.31 Å². The summed E-state index contributed by atoms with van der Waals surface area (Å²) in [5, 5.41) is 13.9. The smallest absolute Gasteiger partial charge is 0.269 e. The zero-order chi connectivity index (χ0) is 14.5. The standard InChI is InChI=1S/C14H12ClFN2O2/c15-13-9-11(16)3-6-14(13)17-8-7-10-1-4-12(5-2-10)18(19)20/h1-6,9,17H,7-8H2. The fourth-order valence-corrected chi connectivity index (χ4v) is 1.99. The van der Waals surface area contributed by atoms with Crippen molar-refractivity contribution in [1.29, 1.82) is 0 Å². The minimum Gasteiger partial charge on any atom is -0.384 e. The summed E-state index contributed by atoms with van der Waals surface area (Å²) < 4.78 is 12.9. The molecule has 0 amide bonds. The summed E-state index contributed by atoms with van der Waals surface area (Å²) in [5.74, 6) is -0.379. The molecule has 0 unspecified atom stereocenters. The third kappa shape index (κ3) is 3.68. The van der Waals surface area contributed by atoms with E-state index in [1.54, 1.807) is 18.2 Å². The summed E-state index contributed by atoms with van der Waals surface area (Å²) in [5.41, 5.74) is 1.71. The van der Waals surface area contributed by atoms with Crippen molar-refractivity contribution in [3.05, 3.63) is 69.0 Å². The van der Waals surface area contributed by atoms with E-state index in [0.29, 0.717) is 23.7 Å². The summed E-state index contributed by atoms with van der Waals surface area (Å²) in [6, 6.07) is 10.5. The predicted octanol–water partition coefficient (Wildman–Crippen LogP) is 4.04. The number of nitrogens with one attached hydrogen (secondary N) is 1. The molecule has 0 bridgehead atoms. The second-order valence-electron chi connectivity index (χ2n) is 4.22. The van der Waals surface area contributed by atoms with Gasteiger partial charge in [-0.25, -0.2) is 4.39 Å². The van der Waals surface area contributed by atoms with E-state index in [1.165, 1.54) is 24.3 Å². The van der Waals surface area contributed by atoms with Crippen LogP contribution in [0.3, 0.4) is 0 Å². The highest BCUT2D eigenvalue weighted by molar-refractivity contribution is 6.33. The fourth-order valence-electron chi connectivity index (χ4n) is 1.76. The van der Waals surface area contributed by atoms with Crippen molar-refractivity contribution >= 4 is 23.0 Å². The number of rotatable bonds is 5. The van der Waals surface area contributed by atoms with Crippen LogP contribution in [0.5, 0.6) is 0 Å². The topological polar surface area (TPSA) is 55.2 Å². The second-order valence-corrected chi connectivity index (χ2v) is 4.63. The van der Waals surface area contributed by atoms with E-state index in [0.717, 1.165) is 5.56 Å². The van der Waals surface area contributed by atoms with E-state index in [2.05, 4.69) is 5.32 Å². The van der Waals surface area contributed by atoms with Gasteiger partial charge < -0.3 is 5.32 Å². The Bertz CT molecular complexity index is 617. The molecule has 0 fully saturated rings. The number of hydrogen-bond donors (Lipinski definition) is 1. The Morgan fingerprint density at radius 1 is 1.20 bits per heavy atom. The lowest BCUT2D eigenvalue weighted by atomic mass is 10.1. The van der Waals surface area contributed by atoms with Gasteiger partial charge >= 0.3 is 0 Å². The SMILES string of the molecule is O=[N+]([O-])c1ccc(CCNc2ccc(F)cc2Cl)cc1. The van der Waals surface area contributed by atoms with Gasteiger partial charge in [0, 0.05) is 18.7 Å². The van der Waals surface area contributed by atoms with Gasteiger partial charge in [0.1, 0.15) is 5.82 Å². The number of anilines is 1. The quantitative estimate of drug-likeness (QED) is 0.669. The van der Waals surface area contributed by atoms with E-state index in [-0.39, 0.29) is 11.5 Å². The van der Waals surface area contributed by atoms with Gasteiger partial charge in [-0.05, 0) is 30.2 Å². The molecule has 0 spiro atoms. The summed E-state index contributed by atoms with van der Waals surface area (Å²) in [6.07, 6.45) is 0.686. The number of nitro benzene ring substituents is 1. The molecule has 0 radical (unpaired) electrons. The maximum Gasteiger partial charge on any atom is 0.269 e. The van der Waals surface area contributed by atoms with E-state index in [4.69, 9.17) is 11.6 Å². The number of benzene rings is 2. The van der Waals surface area contributed by atoms with Crippen LogP contribution in [-0.2, 0) is 6.42 Å². The van der Waals surface area contributed by atoms with Crippen LogP contribution in [0.2, 0.25) is 5.02 Å². The molecule has 104 valence electrons. The Morgan fingerprint density at radius 2 is 1.90 bits per heavy atom. The van der Waals surface area contributed by atoms with Gasteiger partial charge in [-0.15, -0.1) is 0 Å². The van der Waals surface area contributed by atoms with Crippen molar-refractivity contribution in [2.75, 3.05) is 11.9 Å². The van der Waals surface area contributed by atoms with Gasteiger partial charge in [0.2, 0.25) is 0 Å². The first-order valence-corrected chi connectivity index (χ1v) is 6.36. The molecular weight excluding hydrogens is 283 g/mol. The first-order valence-electron chi connectivity index (χ1n) is 5.98. The van der Waals surface area contributed by atoms with Crippen molar-refractivity contribution in [3.63, 3.8) is 0 Å². The summed E-state index contributed by atoms with van der Waals surface area (Å²) >= 11 is 5.89. The molecule has 0 aliphatic carbocycles. The number of hydrogen-bond acceptors (Lipinski definition) is 3. The van der Waals surface area contributed by atoms with E-state index in [1.807, 2.05) is 0 Å². The van der Waals surface area contributed by atoms with Crippen LogP contribution in [0.4, 0.5) is 15.8 Å². The van der Waals surface area contributed by atoms with E-state index < -0.39 is 4.92 Å². The maximum atomic E-state index is 12.9. The van der Waals surface area contributed by atoms with E-state index >= 15 is 0 Å². The normalized spacial score (nSPS) is 10.3. The molecule has 1 N–H and O–H groups in total. The number of nitrogens with zero attached hydrogens (tertiary/aromatic N) is 1. The molecule has 2 aromatic rings. The molecule has 0 aliphatic heterocycles. The van der Waals surface area contributed by atoms with Gasteiger partial charge in [0.25, 0.3) is 5.69 Å². The highest BCUT2D eigenvalue weighted by Gasteiger charge is 2.04. The summed E-state index contributed by atoms with van der Waals surface area (Å²) in [7, 11) is 0. The molecule has 0 saturated heterocycles. The van der Waals surface area contributed by atoms with Crippen LogP contribution in [-0.4, -0.2) is 11.5 Å². The molecule has 6 heteroatoms. The Hall–Kier alpha value is -2.14. The van der Waals surface area contributed by atoms with Gasteiger partial charge in [-0.1, -0.05) is 23.7 Å². The van der Waals surface area contributed by atoms with Crippen LogP contribution in [0.15, 0.2) is 42.5 Å². The molecule has 0 aliphatic rings. The second kappa shape index (κ2) is 6.34. The zero-order valence-corrected chi connectivity index (χ0v) is 11.2. The largest absolute Gasteiger partial charge is 0.384 e. The van der Waals surface area contributed by atoms with Crippen molar-refractivity contribution in [1.82, 2.24) is 0 Å². The van der Waals surface area contributed by atoms with Gasteiger partial charge in [0.05, 0.1) is 15.6 Å². The molecule has 0 atom stereocenters. The summed E-state index contributed by atoms with van der Waals surface area (Å²) in [6.45, 7) is 0.600. The number of nitro groups is 1. The van der Waals surface area contributed by atoms with Crippen LogP contribution in [0, 0.1) is 15.9 Å². The van der Waals surface area contributed by atoms with Crippen LogP contribution >= 0.6 is 11.6 Å². The molecule has 4 nitrogen and oxygen atoms in total. The van der Waals surface area contributed by atoms with Gasteiger partial charge in [-0.3, -0.25) is 10.1 Å². The predicted molar refractivity (Wildman–Crippen MR) is 76.7 cm³/mol. The first-order chi connectivity index (χ1) is 9.56. The van der Waals surface area contributed by atoms with E-state index in [9.17, 15) is 14.5 Å². The zero-order valence-electron chi connectivity index (χ0n) is 10.5. The third-order valence-corrected chi connectivity index (χ3v) is 3.12. The molecule has 0 aromatic heterocycles. The minimum absolute atomic E-state index is 0.0725. The van der Waals surface area contributed by atoms with Gasteiger partial charge in [-0.2, -0.15) is 0 Å². The monoisotopic (exact) mass is 294 g/mol. The summed E-state index contributed by atoms with van der Waals surface area (Å²) in [4.78, 5) is 10.1. The molecule has 0 saturated carbocycles. The maximum absolute atomic E-state index is 12.9. The van der Waals surface area contributed by atoms with Crippen LogP contribution in [0.25, 0.3) is 0 Å². The molecule has 2 aromatic carbocycles. The third-order valence-electron chi connectivity index (χ3n) is 2.81. The van der Waals surface area contributed by atoms with Crippen LogP contribution < -0.4 is 5.32 Å². The average Bonchev–Trinajstić information content (AvgIpc) is 2.42. The van der Waals surface area contributed by atoms with Crippen molar-refractivity contribution in [2.45, 2.75) is 6.42 Å².